The Hall–Kier alpha value is -0.690. The Bertz CT molecular complexity index is 245. The maximum atomic E-state index is 5.88. The smallest absolute Gasteiger partial charge is 0.122 e. The maximum Gasteiger partial charge on any atom is 0.122 e. The molecule has 0 aliphatic heterocycles. The van der Waals surface area contributed by atoms with E-state index in [0.29, 0.717) is 0 Å². The van der Waals surface area contributed by atoms with Gasteiger partial charge < -0.3 is 4.74 Å². The van der Waals surface area contributed by atoms with Crippen LogP contribution in [-0.4, -0.2) is 0 Å². The van der Waals surface area contributed by atoms with Crippen molar-refractivity contribution in [3.8, 4) is 5.75 Å². The fraction of sp³-hybridized carbons (Fsp3) is 0.222. The van der Waals surface area contributed by atoms with E-state index in [1.165, 1.54) is 0 Å². The Morgan fingerprint density at radius 2 is 2.27 bits per heavy atom. The molecule has 11 heavy (non-hydrogen) atoms. The molecule has 0 aromatic heterocycles. The summed E-state index contributed by atoms with van der Waals surface area (Å²) in [6, 6.07) is 5.52. The third-order valence-electron chi connectivity index (χ3n) is 1.56. The molecule has 0 saturated carbocycles. The Balaban J connectivity index is 3.02. The molecule has 0 aliphatic rings. The van der Waals surface area contributed by atoms with Crippen LogP contribution >= 0.6 is 11.6 Å². The van der Waals surface area contributed by atoms with Gasteiger partial charge in [0, 0.05) is 5.02 Å². The average Bonchev–Trinajstić information content (AvgIpc) is 2.05. The highest BCUT2D eigenvalue weighted by Gasteiger charge is 1.98. The summed E-state index contributed by atoms with van der Waals surface area (Å²) in [5, 5.41) is 0.785. The third kappa shape index (κ3) is 1.87. The second kappa shape index (κ2) is 3.63. The van der Waals surface area contributed by atoms with Crippen LogP contribution in [0.5, 0.6) is 5.75 Å². The van der Waals surface area contributed by atoms with Crippen molar-refractivity contribution in [3.05, 3.63) is 35.9 Å². The minimum Gasteiger partial charge on any atom is -0.490 e. The molecule has 0 aliphatic carbocycles. The van der Waals surface area contributed by atoms with Gasteiger partial charge in [0.1, 0.15) is 12.9 Å². The third-order valence-corrected chi connectivity index (χ3v) is 1.93. The second-order valence-corrected chi connectivity index (χ2v) is 2.66. The fourth-order valence-electron chi connectivity index (χ4n) is 0.912. The molecule has 59 valence electrons. The summed E-state index contributed by atoms with van der Waals surface area (Å²) < 4.78 is 4.80. The zero-order chi connectivity index (χ0) is 8.27. The second-order valence-electron chi connectivity index (χ2n) is 2.25. The lowest BCUT2D eigenvalue weighted by molar-refractivity contribution is 0.472. The molecule has 1 nitrogen and oxygen atoms in total. The van der Waals surface area contributed by atoms with E-state index < -0.39 is 0 Å². The van der Waals surface area contributed by atoms with Crippen molar-refractivity contribution in [2.45, 2.75) is 13.3 Å². The van der Waals surface area contributed by atoms with Crippen LogP contribution in [0.15, 0.2) is 18.2 Å². The predicted molar refractivity (Wildman–Crippen MR) is 46.8 cm³/mol. The molecule has 0 atom stereocenters. The first-order chi connectivity index (χ1) is 5.27. The molecule has 0 unspecified atom stereocenters. The van der Waals surface area contributed by atoms with Gasteiger partial charge in [-0.15, -0.1) is 0 Å². The van der Waals surface area contributed by atoms with Crippen LogP contribution in [0.25, 0.3) is 0 Å². The molecule has 1 radical (unpaired) electrons. The number of halogens is 1. The first kappa shape index (κ1) is 8.41. The number of hydrogen-bond acceptors (Lipinski definition) is 1. The standard InChI is InChI=1S/C9H10ClO/c1-3-7-6-8(11-2)4-5-9(7)10/h4-6H,2-3H2,1H3. The van der Waals surface area contributed by atoms with Crippen LogP contribution in [0.3, 0.4) is 0 Å². The van der Waals surface area contributed by atoms with Crippen LogP contribution in [0, 0.1) is 7.11 Å². The summed E-state index contributed by atoms with van der Waals surface area (Å²) in [6.07, 6.45) is 0.913. The van der Waals surface area contributed by atoms with Gasteiger partial charge >= 0.3 is 0 Å². The van der Waals surface area contributed by atoms with E-state index in [1.54, 1.807) is 6.07 Å². The number of benzene rings is 1. The van der Waals surface area contributed by atoms with Crippen molar-refractivity contribution in [1.82, 2.24) is 0 Å². The lowest BCUT2D eigenvalue weighted by atomic mass is 10.2. The van der Waals surface area contributed by atoms with Gasteiger partial charge in [-0.2, -0.15) is 0 Å². The van der Waals surface area contributed by atoms with E-state index >= 15 is 0 Å². The maximum absolute atomic E-state index is 5.88. The molecule has 0 spiro atoms. The lowest BCUT2D eigenvalue weighted by Gasteiger charge is -2.03. The summed E-state index contributed by atoms with van der Waals surface area (Å²) in [5.41, 5.74) is 1.09. The van der Waals surface area contributed by atoms with E-state index in [4.69, 9.17) is 16.3 Å². The normalized spacial score (nSPS) is 9.73. The minimum absolute atomic E-state index is 0.756. The predicted octanol–water partition coefficient (Wildman–Crippen LogP) is 3.07. The molecular formula is C9H10ClO. The fourth-order valence-corrected chi connectivity index (χ4v) is 1.16. The zero-order valence-corrected chi connectivity index (χ0v) is 7.19. The van der Waals surface area contributed by atoms with E-state index in [9.17, 15) is 0 Å². The van der Waals surface area contributed by atoms with Gasteiger partial charge in [-0.3, -0.25) is 0 Å². The van der Waals surface area contributed by atoms with E-state index in [-0.39, 0.29) is 0 Å². The zero-order valence-electron chi connectivity index (χ0n) is 6.43. The van der Waals surface area contributed by atoms with Crippen molar-refractivity contribution in [1.29, 1.82) is 0 Å². The Morgan fingerprint density at radius 1 is 1.55 bits per heavy atom. The average molecular weight is 170 g/mol. The Labute approximate surface area is 71.9 Å². The number of ether oxygens (including phenoxy) is 1. The molecular weight excluding hydrogens is 160 g/mol. The van der Waals surface area contributed by atoms with Gasteiger partial charge in [0.15, 0.2) is 0 Å². The minimum atomic E-state index is 0.756. The highest BCUT2D eigenvalue weighted by atomic mass is 35.5. The number of aryl methyl sites for hydroxylation is 1. The molecule has 0 bridgehead atoms. The van der Waals surface area contributed by atoms with Crippen molar-refractivity contribution < 1.29 is 4.74 Å². The molecule has 1 aromatic rings. The van der Waals surface area contributed by atoms with Crippen LogP contribution in [0.4, 0.5) is 0 Å². The first-order valence-electron chi connectivity index (χ1n) is 3.48. The lowest BCUT2D eigenvalue weighted by Crippen LogP contribution is -1.84. The van der Waals surface area contributed by atoms with Gasteiger partial charge in [-0.25, -0.2) is 0 Å². The molecule has 2 heteroatoms. The van der Waals surface area contributed by atoms with Crippen LogP contribution in [0.2, 0.25) is 5.02 Å². The molecule has 0 heterocycles. The van der Waals surface area contributed by atoms with Gasteiger partial charge in [0.05, 0.1) is 0 Å². The Kier molecular flexibility index (Phi) is 2.77. The van der Waals surface area contributed by atoms with Crippen LogP contribution < -0.4 is 4.74 Å². The van der Waals surface area contributed by atoms with Gasteiger partial charge in [-0.1, -0.05) is 18.5 Å². The SMILES string of the molecule is [CH2]Oc1ccc(Cl)c(CC)c1. The molecule has 1 rings (SSSR count). The topological polar surface area (TPSA) is 9.23 Å². The van der Waals surface area contributed by atoms with Gasteiger partial charge in [0.2, 0.25) is 0 Å². The highest BCUT2D eigenvalue weighted by molar-refractivity contribution is 6.31. The summed E-state index contributed by atoms with van der Waals surface area (Å²) in [7, 11) is 3.32. The van der Waals surface area contributed by atoms with Crippen molar-refractivity contribution >= 4 is 11.6 Å². The molecule has 0 fully saturated rings. The Morgan fingerprint density at radius 3 is 2.82 bits per heavy atom. The quantitative estimate of drug-likeness (QED) is 0.661. The first-order valence-corrected chi connectivity index (χ1v) is 3.86. The summed E-state index contributed by atoms with van der Waals surface area (Å²) in [5.74, 6) is 0.756. The van der Waals surface area contributed by atoms with E-state index in [1.807, 2.05) is 19.1 Å². The molecule has 0 saturated heterocycles. The van der Waals surface area contributed by atoms with E-state index in [0.717, 1.165) is 22.8 Å². The summed E-state index contributed by atoms with van der Waals surface area (Å²) in [6.45, 7) is 2.05. The van der Waals surface area contributed by atoms with E-state index in [2.05, 4.69) is 7.11 Å². The summed E-state index contributed by atoms with van der Waals surface area (Å²) >= 11 is 5.88. The van der Waals surface area contributed by atoms with Crippen LogP contribution in [0.1, 0.15) is 12.5 Å². The monoisotopic (exact) mass is 169 g/mol. The molecule has 1 aromatic carbocycles. The number of hydrogen-bond donors (Lipinski definition) is 0. The number of rotatable bonds is 2. The van der Waals surface area contributed by atoms with Crippen LogP contribution in [-0.2, 0) is 6.42 Å². The van der Waals surface area contributed by atoms with Gasteiger partial charge in [0.25, 0.3) is 0 Å². The van der Waals surface area contributed by atoms with Crippen molar-refractivity contribution in [2.24, 2.45) is 0 Å². The molecule has 0 N–H and O–H groups in total. The molecule has 0 amide bonds. The summed E-state index contributed by atoms with van der Waals surface area (Å²) in [4.78, 5) is 0. The highest BCUT2D eigenvalue weighted by Crippen LogP contribution is 2.21. The largest absolute Gasteiger partial charge is 0.490 e. The van der Waals surface area contributed by atoms with Crippen molar-refractivity contribution in [2.75, 3.05) is 0 Å². The van der Waals surface area contributed by atoms with Gasteiger partial charge in [-0.05, 0) is 30.2 Å². The van der Waals surface area contributed by atoms with Crippen molar-refractivity contribution in [3.63, 3.8) is 0 Å².